The predicted molar refractivity (Wildman–Crippen MR) is 128 cm³/mol. The average molecular weight is 446 g/mol. The molecule has 170 valence electrons. The van der Waals surface area contributed by atoms with Gasteiger partial charge in [-0.3, -0.25) is 4.57 Å². The molecule has 1 aromatic carbocycles. The van der Waals surface area contributed by atoms with E-state index in [2.05, 4.69) is 57.4 Å². The molecule has 1 fully saturated rings. The van der Waals surface area contributed by atoms with Gasteiger partial charge < -0.3 is 14.4 Å². The Balaban J connectivity index is 1.53. The lowest BCUT2D eigenvalue weighted by atomic mass is 10.1. The number of halogens is 1. The highest BCUT2D eigenvalue weighted by molar-refractivity contribution is 5.76. The summed E-state index contributed by atoms with van der Waals surface area (Å²) >= 11 is 0. The van der Waals surface area contributed by atoms with Crippen molar-refractivity contribution in [2.45, 2.75) is 19.9 Å². The molecule has 0 aliphatic carbocycles. The fourth-order valence-corrected chi connectivity index (χ4v) is 4.22. The molecule has 4 aromatic rings. The molecule has 1 aliphatic heterocycles. The second-order valence-corrected chi connectivity index (χ2v) is 8.74. The van der Waals surface area contributed by atoms with Crippen molar-refractivity contribution in [3.05, 3.63) is 67.1 Å². The molecule has 0 N–H and O–H groups in total. The van der Waals surface area contributed by atoms with Gasteiger partial charge in [0.15, 0.2) is 5.82 Å². The van der Waals surface area contributed by atoms with Gasteiger partial charge in [-0.2, -0.15) is 0 Å². The fourth-order valence-electron chi connectivity index (χ4n) is 4.22. The van der Waals surface area contributed by atoms with E-state index in [0.717, 1.165) is 60.5 Å². The number of benzene rings is 1. The first kappa shape index (κ1) is 21.3. The number of hydrogen-bond acceptors (Lipinski definition) is 5. The first-order valence-electron chi connectivity index (χ1n) is 11.3. The molecule has 0 unspecified atom stereocenters. The highest BCUT2D eigenvalue weighted by atomic mass is 19.1. The van der Waals surface area contributed by atoms with Gasteiger partial charge in [0.05, 0.1) is 23.9 Å². The van der Waals surface area contributed by atoms with Gasteiger partial charge in [0.25, 0.3) is 0 Å². The van der Waals surface area contributed by atoms with E-state index < -0.39 is 0 Å². The van der Waals surface area contributed by atoms with Gasteiger partial charge in [-0.15, -0.1) is 0 Å². The minimum absolute atomic E-state index is 0.185. The maximum absolute atomic E-state index is 13.5. The summed E-state index contributed by atoms with van der Waals surface area (Å²) in [7, 11) is 2.15. The molecule has 0 amide bonds. The monoisotopic (exact) mass is 445 g/mol. The molecule has 0 bridgehead atoms. The molecule has 33 heavy (non-hydrogen) atoms. The van der Waals surface area contributed by atoms with Crippen LogP contribution >= 0.6 is 0 Å². The Hall–Kier alpha value is -3.52. The summed E-state index contributed by atoms with van der Waals surface area (Å²) in [6.45, 7) is 8.26. The Morgan fingerprint density at radius 2 is 1.67 bits per heavy atom. The maximum Gasteiger partial charge on any atom is 0.163 e. The first-order valence-corrected chi connectivity index (χ1v) is 11.3. The van der Waals surface area contributed by atoms with E-state index in [0.29, 0.717) is 0 Å². The smallest absolute Gasteiger partial charge is 0.163 e. The lowest BCUT2D eigenvalue weighted by molar-refractivity contribution is 0.312. The first-order chi connectivity index (χ1) is 16.0. The Bertz CT molecular complexity index is 1220. The molecule has 7 nitrogen and oxygen atoms in total. The number of piperazine rings is 1. The van der Waals surface area contributed by atoms with E-state index in [4.69, 9.17) is 4.98 Å². The van der Waals surface area contributed by atoms with Crippen molar-refractivity contribution in [1.82, 2.24) is 29.0 Å². The van der Waals surface area contributed by atoms with Crippen LogP contribution in [0.15, 0.2) is 61.3 Å². The topological polar surface area (TPSA) is 55.0 Å². The van der Waals surface area contributed by atoms with Crippen molar-refractivity contribution < 1.29 is 4.39 Å². The molecule has 0 radical (unpaired) electrons. The van der Waals surface area contributed by atoms with Crippen LogP contribution in [0.5, 0.6) is 0 Å². The van der Waals surface area contributed by atoms with Crippen LogP contribution in [0.3, 0.4) is 0 Å². The quantitative estimate of drug-likeness (QED) is 0.459. The summed E-state index contributed by atoms with van der Waals surface area (Å²) < 4.78 is 17.7. The summed E-state index contributed by atoms with van der Waals surface area (Å²) in [4.78, 5) is 18.8. The van der Waals surface area contributed by atoms with Crippen LogP contribution in [-0.2, 0) is 0 Å². The third-order valence-electron chi connectivity index (χ3n) is 6.16. The number of nitrogens with zero attached hydrogens (tertiary/aromatic N) is 7. The van der Waals surface area contributed by atoms with Crippen LogP contribution < -0.4 is 4.90 Å². The van der Waals surface area contributed by atoms with E-state index in [1.807, 2.05) is 23.3 Å². The maximum atomic E-state index is 13.5. The van der Waals surface area contributed by atoms with Gasteiger partial charge in [-0.25, -0.2) is 19.3 Å². The molecule has 0 saturated carbocycles. The van der Waals surface area contributed by atoms with Gasteiger partial charge in [0, 0.05) is 50.2 Å². The number of hydrogen-bond donors (Lipinski definition) is 0. The standard InChI is InChI=1S/C25H28FN7/c1-18(2)33-17-29-23(19-4-6-20(26)7-5-19)24(33)25-27-10-11-32(25)21-8-9-22(28-16-21)31-14-12-30(3)13-15-31/h4-11,16-18H,12-15H2,1-3H3. The molecule has 5 rings (SSSR count). The van der Waals surface area contributed by atoms with Crippen LogP contribution in [0.4, 0.5) is 10.2 Å². The SMILES string of the molecule is CC(C)n1cnc(-c2ccc(F)cc2)c1-c1nccn1-c1ccc(N2CCN(C)CC2)nc1. The van der Waals surface area contributed by atoms with Crippen molar-refractivity contribution in [2.75, 3.05) is 38.1 Å². The van der Waals surface area contributed by atoms with Gasteiger partial charge in [-0.05, 0) is 57.3 Å². The zero-order valence-electron chi connectivity index (χ0n) is 19.2. The number of aromatic nitrogens is 5. The van der Waals surface area contributed by atoms with Gasteiger partial charge in [0.2, 0.25) is 0 Å². The van der Waals surface area contributed by atoms with Crippen LogP contribution in [0, 0.1) is 5.82 Å². The van der Waals surface area contributed by atoms with E-state index >= 15 is 0 Å². The van der Waals surface area contributed by atoms with Crippen molar-refractivity contribution >= 4 is 5.82 Å². The molecular formula is C25H28FN7. The van der Waals surface area contributed by atoms with E-state index in [9.17, 15) is 4.39 Å². The van der Waals surface area contributed by atoms with Crippen LogP contribution in [-0.4, -0.2) is 62.2 Å². The lowest BCUT2D eigenvalue weighted by Crippen LogP contribution is -2.44. The predicted octanol–water partition coefficient (Wildman–Crippen LogP) is 4.27. The highest BCUT2D eigenvalue weighted by Gasteiger charge is 2.22. The minimum atomic E-state index is -0.267. The Labute approximate surface area is 193 Å². The molecule has 4 heterocycles. The molecule has 8 heteroatoms. The van der Waals surface area contributed by atoms with Crippen molar-refractivity contribution in [3.63, 3.8) is 0 Å². The third-order valence-corrected chi connectivity index (χ3v) is 6.16. The second-order valence-electron chi connectivity index (χ2n) is 8.74. The van der Waals surface area contributed by atoms with E-state index in [1.54, 1.807) is 18.3 Å². The highest BCUT2D eigenvalue weighted by Crippen LogP contribution is 2.33. The molecule has 3 aromatic heterocycles. The van der Waals surface area contributed by atoms with Crippen LogP contribution in [0.2, 0.25) is 0 Å². The second kappa shape index (κ2) is 8.78. The lowest BCUT2D eigenvalue weighted by Gasteiger charge is -2.33. The van der Waals surface area contributed by atoms with E-state index in [-0.39, 0.29) is 11.9 Å². The van der Waals surface area contributed by atoms with Crippen molar-refractivity contribution in [2.24, 2.45) is 0 Å². The number of pyridine rings is 1. The molecule has 1 saturated heterocycles. The number of anilines is 1. The van der Waals surface area contributed by atoms with Gasteiger partial charge in [-0.1, -0.05) is 0 Å². The molecule has 0 spiro atoms. The fraction of sp³-hybridized carbons (Fsp3) is 0.320. The zero-order valence-corrected chi connectivity index (χ0v) is 19.2. The summed E-state index contributed by atoms with van der Waals surface area (Å²) in [5.74, 6) is 1.50. The average Bonchev–Trinajstić information content (AvgIpc) is 3.47. The summed E-state index contributed by atoms with van der Waals surface area (Å²) in [5.41, 5.74) is 3.45. The number of likely N-dealkylation sites (N-methyl/N-ethyl adjacent to an activating group) is 1. The summed E-state index contributed by atoms with van der Waals surface area (Å²) in [6, 6.07) is 10.8. The Morgan fingerprint density at radius 3 is 2.33 bits per heavy atom. The Kier molecular flexibility index (Phi) is 5.68. The van der Waals surface area contributed by atoms with E-state index in [1.165, 1.54) is 12.1 Å². The van der Waals surface area contributed by atoms with Gasteiger partial charge in [0.1, 0.15) is 17.3 Å². The minimum Gasteiger partial charge on any atom is -0.354 e. The Morgan fingerprint density at radius 1 is 0.909 bits per heavy atom. The largest absolute Gasteiger partial charge is 0.354 e. The normalized spacial score (nSPS) is 14.9. The summed E-state index contributed by atoms with van der Waals surface area (Å²) in [6.07, 6.45) is 7.45. The van der Waals surface area contributed by atoms with Gasteiger partial charge >= 0.3 is 0 Å². The summed E-state index contributed by atoms with van der Waals surface area (Å²) in [5, 5.41) is 0. The van der Waals surface area contributed by atoms with Crippen LogP contribution in [0.1, 0.15) is 19.9 Å². The number of rotatable bonds is 5. The molecule has 1 aliphatic rings. The van der Waals surface area contributed by atoms with Crippen molar-refractivity contribution in [3.8, 4) is 28.5 Å². The third kappa shape index (κ3) is 4.14. The van der Waals surface area contributed by atoms with Crippen molar-refractivity contribution in [1.29, 1.82) is 0 Å². The molecular weight excluding hydrogens is 417 g/mol. The van der Waals surface area contributed by atoms with Crippen LogP contribution in [0.25, 0.3) is 28.5 Å². The number of imidazole rings is 2. The molecule has 0 atom stereocenters. The zero-order chi connectivity index (χ0) is 22.9.